The van der Waals surface area contributed by atoms with Crippen LogP contribution in [-0.4, -0.2) is 30.1 Å². The molecule has 0 saturated heterocycles. The molecule has 4 rings (SSSR count). The van der Waals surface area contributed by atoms with Crippen LogP contribution in [0.4, 0.5) is 0 Å². The van der Waals surface area contributed by atoms with Gasteiger partial charge in [-0.15, -0.1) is 0 Å². The van der Waals surface area contributed by atoms with E-state index in [1.54, 1.807) is 4.90 Å². The van der Waals surface area contributed by atoms with Crippen molar-refractivity contribution < 1.29 is 19.1 Å². The zero-order chi connectivity index (χ0) is 18.1. The largest absolute Gasteiger partial charge is 0.454 e. The molecule has 0 bridgehead atoms. The number of rotatable bonds is 3. The molecule has 134 valence electrons. The minimum Gasteiger partial charge on any atom is -0.454 e. The van der Waals surface area contributed by atoms with Crippen LogP contribution in [0.3, 0.4) is 0 Å². The zero-order valence-electron chi connectivity index (χ0n) is 14.5. The zero-order valence-corrected chi connectivity index (χ0v) is 14.5. The van der Waals surface area contributed by atoms with Gasteiger partial charge >= 0.3 is 0 Å². The standard InChI is InChI=1S/C20H20N2O4/c1-13(23)22-9-8-15-4-2-3-5-16(15)19(22)20(24)21-11-14-6-7-17-18(10-14)26-12-25-17/h2-7,10,19H,8-9,11-12H2,1H3,(H,21,24)/t19-/m1/s1. The van der Waals surface area contributed by atoms with E-state index in [-0.39, 0.29) is 18.6 Å². The molecule has 2 aromatic carbocycles. The third-order valence-electron chi connectivity index (χ3n) is 4.84. The summed E-state index contributed by atoms with van der Waals surface area (Å²) in [5, 5.41) is 2.96. The van der Waals surface area contributed by atoms with Crippen LogP contribution in [0.15, 0.2) is 42.5 Å². The lowest BCUT2D eigenvalue weighted by molar-refractivity contribution is -0.139. The van der Waals surface area contributed by atoms with Gasteiger partial charge in [0.2, 0.25) is 18.6 Å². The van der Waals surface area contributed by atoms with Crippen molar-refractivity contribution in [2.24, 2.45) is 0 Å². The van der Waals surface area contributed by atoms with Gasteiger partial charge in [-0.3, -0.25) is 9.59 Å². The van der Waals surface area contributed by atoms with E-state index in [0.29, 0.717) is 24.6 Å². The second-order valence-electron chi connectivity index (χ2n) is 6.47. The summed E-state index contributed by atoms with van der Waals surface area (Å²) in [7, 11) is 0. The van der Waals surface area contributed by atoms with E-state index in [2.05, 4.69) is 5.32 Å². The number of benzene rings is 2. The number of carbonyl (C=O) groups is 2. The Labute approximate surface area is 151 Å². The highest BCUT2D eigenvalue weighted by Gasteiger charge is 2.34. The minimum absolute atomic E-state index is 0.0947. The summed E-state index contributed by atoms with van der Waals surface area (Å²) in [5.41, 5.74) is 2.94. The summed E-state index contributed by atoms with van der Waals surface area (Å²) < 4.78 is 10.7. The van der Waals surface area contributed by atoms with Crippen LogP contribution in [0.2, 0.25) is 0 Å². The fourth-order valence-corrected chi connectivity index (χ4v) is 3.53. The molecular weight excluding hydrogens is 332 g/mol. The molecule has 0 radical (unpaired) electrons. The second kappa shape index (κ2) is 6.71. The molecule has 2 heterocycles. The molecule has 0 saturated carbocycles. The van der Waals surface area contributed by atoms with Gasteiger partial charge in [-0.2, -0.15) is 0 Å². The van der Waals surface area contributed by atoms with Gasteiger partial charge < -0.3 is 19.7 Å². The summed E-state index contributed by atoms with van der Waals surface area (Å²) in [6, 6.07) is 12.8. The Morgan fingerprint density at radius 2 is 1.96 bits per heavy atom. The van der Waals surface area contributed by atoms with Crippen molar-refractivity contribution in [3.05, 3.63) is 59.2 Å². The van der Waals surface area contributed by atoms with E-state index in [1.807, 2.05) is 42.5 Å². The van der Waals surface area contributed by atoms with Gasteiger partial charge in [0.15, 0.2) is 11.5 Å². The van der Waals surface area contributed by atoms with Crippen molar-refractivity contribution in [2.45, 2.75) is 25.9 Å². The monoisotopic (exact) mass is 352 g/mol. The van der Waals surface area contributed by atoms with Crippen molar-refractivity contribution in [3.8, 4) is 11.5 Å². The summed E-state index contributed by atoms with van der Waals surface area (Å²) >= 11 is 0. The summed E-state index contributed by atoms with van der Waals surface area (Å²) in [4.78, 5) is 26.6. The van der Waals surface area contributed by atoms with Crippen molar-refractivity contribution in [2.75, 3.05) is 13.3 Å². The number of ether oxygens (including phenoxy) is 2. The van der Waals surface area contributed by atoms with Crippen molar-refractivity contribution >= 4 is 11.8 Å². The highest BCUT2D eigenvalue weighted by molar-refractivity contribution is 5.88. The molecule has 2 aromatic rings. The fraction of sp³-hybridized carbons (Fsp3) is 0.300. The van der Waals surface area contributed by atoms with Gasteiger partial charge in [-0.25, -0.2) is 0 Å². The first-order valence-corrected chi connectivity index (χ1v) is 8.65. The topological polar surface area (TPSA) is 67.9 Å². The maximum absolute atomic E-state index is 12.9. The lowest BCUT2D eigenvalue weighted by Crippen LogP contribution is -2.46. The lowest BCUT2D eigenvalue weighted by Gasteiger charge is -2.35. The van der Waals surface area contributed by atoms with Crippen LogP contribution in [0.1, 0.15) is 29.7 Å². The molecule has 6 nitrogen and oxygen atoms in total. The molecule has 0 aliphatic carbocycles. The molecule has 2 amide bonds. The van der Waals surface area contributed by atoms with Crippen LogP contribution in [0, 0.1) is 0 Å². The number of fused-ring (bicyclic) bond motifs is 2. The van der Waals surface area contributed by atoms with E-state index in [1.165, 1.54) is 6.92 Å². The van der Waals surface area contributed by atoms with E-state index in [4.69, 9.17) is 9.47 Å². The molecule has 1 atom stereocenters. The molecule has 0 fully saturated rings. The molecule has 0 aromatic heterocycles. The van der Waals surface area contributed by atoms with Crippen LogP contribution in [0.5, 0.6) is 11.5 Å². The number of nitrogens with one attached hydrogen (secondary N) is 1. The van der Waals surface area contributed by atoms with Crippen molar-refractivity contribution in [3.63, 3.8) is 0 Å². The second-order valence-corrected chi connectivity index (χ2v) is 6.47. The Kier molecular flexibility index (Phi) is 4.24. The van der Waals surface area contributed by atoms with Gasteiger partial charge in [0.25, 0.3) is 0 Å². The van der Waals surface area contributed by atoms with Gasteiger partial charge in [-0.1, -0.05) is 30.3 Å². The minimum atomic E-state index is -0.591. The highest BCUT2D eigenvalue weighted by atomic mass is 16.7. The number of carbonyl (C=O) groups excluding carboxylic acids is 2. The molecule has 6 heteroatoms. The van der Waals surface area contributed by atoms with Crippen LogP contribution in [-0.2, 0) is 22.6 Å². The Bertz CT molecular complexity index is 865. The van der Waals surface area contributed by atoms with Gasteiger partial charge in [0.1, 0.15) is 6.04 Å². The van der Waals surface area contributed by atoms with Crippen molar-refractivity contribution in [1.29, 1.82) is 0 Å². The summed E-state index contributed by atoms with van der Waals surface area (Å²) in [6.07, 6.45) is 0.766. The van der Waals surface area contributed by atoms with E-state index >= 15 is 0 Å². The molecule has 2 aliphatic heterocycles. The normalized spacial score (nSPS) is 17.6. The molecule has 26 heavy (non-hydrogen) atoms. The first kappa shape index (κ1) is 16.4. The van der Waals surface area contributed by atoms with Crippen molar-refractivity contribution in [1.82, 2.24) is 10.2 Å². The summed E-state index contributed by atoms with van der Waals surface area (Å²) in [6.45, 7) is 2.64. The predicted molar refractivity (Wildman–Crippen MR) is 94.7 cm³/mol. The first-order chi connectivity index (χ1) is 12.6. The Morgan fingerprint density at radius 1 is 1.15 bits per heavy atom. The van der Waals surface area contributed by atoms with Crippen LogP contribution < -0.4 is 14.8 Å². The Morgan fingerprint density at radius 3 is 2.81 bits per heavy atom. The molecule has 2 aliphatic rings. The van der Waals surface area contributed by atoms with E-state index in [0.717, 1.165) is 23.1 Å². The number of hydrogen-bond acceptors (Lipinski definition) is 4. The first-order valence-electron chi connectivity index (χ1n) is 8.65. The van der Waals surface area contributed by atoms with Gasteiger partial charge in [0.05, 0.1) is 0 Å². The molecule has 0 spiro atoms. The quantitative estimate of drug-likeness (QED) is 0.919. The van der Waals surface area contributed by atoms with Crippen LogP contribution >= 0.6 is 0 Å². The van der Waals surface area contributed by atoms with Gasteiger partial charge in [0, 0.05) is 20.0 Å². The molecule has 1 N–H and O–H groups in total. The predicted octanol–water partition coefficient (Wildman–Crippen LogP) is 2.18. The Balaban J connectivity index is 1.53. The van der Waals surface area contributed by atoms with Crippen LogP contribution in [0.25, 0.3) is 0 Å². The SMILES string of the molecule is CC(=O)N1CCc2ccccc2[C@@H]1C(=O)NCc1ccc2c(c1)OCO2. The average Bonchev–Trinajstić information content (AvgIpc) is 3.12. The molecular formula is C20H20N2O4. The Hall–Kier alpha value is -3.02. The number of amides is 2. The third-order valence-corrected chi connectivity index (χ3v) is 4.84. The smallest absolute Gasteiger partial charge is 0.247 e. The van der Waals surface area contributed by atoms with E-state index < -0.39 is 6.04 Å². The maximum atomic E-state index is 12.9. The lowest BCUT2D eigenvalue weighted by atomic mass is 9.92. The fourth-order valence-electron chi connectivity index (χ4n) is 3.53. The average molecular weight is 352 g/mol. The number of nitrogens with zero attached hydrogens (tertiary/aromatic N) is 1. The van der Waals surface area contributed by atoms with E-state index in [9.17, 15) is 9.59 Å². The highest BCUT2D eigenvalue weighted by Crippen LogP contribution is 2.33. The van der Waals surface area contributed by atoms with Gasteiger partial charge in [-0.05, 0) is 35.2 Å². The maximum Gasteiger partial charge on any atom is 0.247 e. The number of hydrogen-bond donors (Lipinski definition) is 1. The third kappa shape index (κ3) is 2.98. The molecule has 0 unspecified atom stereocenters. The summed E-state index contributed by atoms with van der Waals surface area (Å²) in [5.74, 6) is 1.13.